The number of pyridine rings is 3. The average molecular weight is 715 g/mol. The zero-order valence-electron chi connectivity index (χ0n) is 23.0. The summed E-state index contributed by atoms with van der Waals surface area (Å²) in [5.41, 5.74) is 3.26. The van der Waals surface area contributed by atoms with E-state index in [1.807, 2.05) is 4.90 Å². The van der Waals surface area contributed by atoms with Gasteiger partial charge in [-0.3, -0.25) is 24.1 Å². The van der Waals surface area contributed by atoms with Gasteiger partial charge in [0.2, 0.25) is 0 Å². The molecule has 0 amide bonds. The molecule has 0 saturated heterocycles. The van der Waals surface area contributed by atoms with E-state index in [1.54, 1.807) is 48.9 Å². The molecule has 0 N–H and O–H groups in total. The Morgan fingerprint density at radius 1 is 0.683 bits per heavy atom. The summed E-state index contributed by atoms with van der Waals surface area (Å²) in [6, 6.07) is 10.2. The molecule has 3 aromatic rings. The summed E-state index contributed by atoms with van der Waals surface area (Å²) in [4.78, 5) is 50.1. The Bertz CT molecular complexity index is 1120. The number of halogens is 2. The van der Waals surface area contributed by atoms with Crippen LogP contribution < -0.4 is 0 Å². The number of rotatable bonds is 9. The van der Waals surface area contributed by atoms with Gasteiger partial charge in [-0.25, -0.2) is 14.4 Å². The summed E-state index contributed by atoms with van der Waals surface area (Å²) in [6.45, 7) is 1.30. The van der Waals surface area contributed by atoms with E-state index in [2.05, 4.69) is 15.0 Å². The van der Waals surface area contributed by atoms with Crippen molar-refractivity contribution in [3.05, 3.63) is 88.8 Å². The van der Waals surface area contributed by atoms with Crippen LogP contribution in [0.4, 0.5) is 0 Å². The van der Waals surface area contributed by atoms with Crippen molar-refractivity contribution in [3.8, 4) is 0 Å². The Morgan fingerprint density at radius 2 is 0.927 bits per heavy atom. The minimum absolute atomic E-state index is 0.346. The van der Waals surface area contributed by atoms with Crippen molar-refractivity contribution in [3.63, 3.8) is 0 Å². The van der Waals surface area contributed by atoms with E-state index in [4.69, 9.17) is 33.6 Å². The van der Waals surface area contributed by atoms with Crippen molar-refractivity contribution in [2.45, 2.75) is 19.6 Å². The van der Waals surface area contributed by atoms with Crippen LogP contribution in [0.25, 0.3) is 0 Å². The van der Waals surface area contributed by atoms with E-state index in [9.17, 15) is 18.6 Å². The first-order valence-corrected chi connectivity index (χ1v) is 17.9. The Morgan fingerprint density at radius 3 is 1.10 bits per heavy atom. The molecule has 3 heterocycles. The molecule has 0 bridgehead atoms. The van der Waals surface area contributed by atoms with Crippen LogP contribution in [0.3, 0.4) is 0 Å². The third kappa shape index (κ3) is 14.1. The summed E-state index contributed by atoms with van der Waals surface area (Å²) in [7, 11) is 13.0. The first-order chi connectivity index (χ1) is 19.6. The van der Waals surface area contributed by atoms with Gasteiger partial charge in [-0.2, -0.15) is 0 Å². The van der Waals surface area contributed by atoms with Crippen molar-refractivity contribution in [2.75, 3.05) is 33.8 Å². The molecule has 3 rings (SSSR count). The number of esters is 3. The predicted octanol–water partition coefficient (Wildman–Crippen LogP) is 3.81. The van der Waals surface area contributed by atoms with Crippen LogP contribution in [0.15, 0.2) is 55.0 Å². The zero-order valence-corrected chi connectivity index (χ0v) is 27.0. The molecule has 15 heteroatoms. The van der Waals surface area contributed by atoms with Crippen LogP contribution in [0.1, 0.15) is 48.2 Å². The Kier molecular flexibility index (Phi) is 17.8. The summed E-state index contributed by atoms with van der Waals surface area (Å²) >= 11 is -0.346. The van der Waals surface area contributed by atoms with Gasteiger partial charge in [0.25, 0.3) is 0 Å². The van der Waals surface area contributed by atoms with Gasteiger partial charge in [-0.05, 0) is 36.4 Å². The molecule has 0 atom stereocenters. The van der Waals surface area contributed by atoms with Crippen LogP contribution in [0, 0.1) is 0 Å². The quantitative estimate of drug-likeness (QED) is 0.182. The van der Waals surface area contributed by atoms with E-state index in [1.165, 1.54) is 39.9 Å². The fourth-order valence-corrected chi connectivity index (χ4v) is 3.12. The monoisotopic (exact) mass is 714 g/mol. The van der Waals surface area contributed by atoms with E-state index < -0.39 is 28.7 Å². The maximum atomic E-state index is 11.7. The zero-order chi connectivity index (χ0) is 30.8. The fourth-order valence-electron chi connectivity index (χ4n) is 3.12. The van der Waals surface area contributed by atoms with Gasteiger partial charge in [0, 0.05) is 61.5 Å². The standard InChI is InChI=1S/C24H24N4O6.C2H6OS.2ClH.Ru/c1-32-22(29)16-4-7-19(25-10-16)13-28(14-20-8-5-17(11-26-20)23(30)33-2)15-21-9-6-18(12-27-21)24(31)34-3;1-4(2)3;;;/h4-12H,13-15H2,1-3H3;1-2H3;2*1H;/q;;;;+2/p-2. The maximum absolute atomic E-state index is 11.7. The van der Waals surface area contributed by atoms with Crippen molar-refractivity contribution >= 4 is 48.1 Å². The molecule has 0 unspecified atom stereocenters. The summed E-state index contributed by atoms with van der Waals surface area (Å²) in [6.07, 6.45) is 7.67. The van der Waals surface area contributed by atoms with Gasteiger partial charge >= 0.3 is 52.4 Å². The van der Waals surface area contributed by atoms with Crippen LogP contribution >= 0.6 is 19.4 Å². The van der Waals surface area contributed by atoms with Crippen molar-refractivity contribution in [1.29, 1.82) is 0 Å². The summed E-state index contributed by atoms with van der Waals surface area (Å²) < 4.78 is 23.7. The molecule has 0 aliphatic heterocycles. The second-order valence-electron chi connectivity index (χ2n) is 8.03. The number of ether oxygens (including phenoxy) is 3. The van der Waals surface area contributed by atoms with Crippen LogP contribution in [0.2, 0.25) is 0 Å². The molecule has 3 aromatic heterocycles. The molecular weight excluding hydrogens is 684 g/mol. The Labute approximate surface area is 257 Å². The molecule has 11 nitrogen and oxygen atoms in total. The first-order valence-electron chi connectivity index (χ1n) is 11.5. The van der Waals surface area contributed by atoms with Gasteiger partial charge < -0.3 is 14.2 Å². The molecule has 0 saturated carbocycles. The van der Waals surface area contributed by atoms with Gasteiger partial charge in [-0.15, -0.1) is 0 Å². The van der Waals surface area contributed by atoms with Crippen LogP contribution in [-0.2, 0) is 59.8 Å². The normalized spacial score (nSPS) is 10.2. The number of hydrogen-bond acceptors (Lipinski definition) is 11. The molecule has 0 fully saturated rings. The number of methoxy groups -OCH3 is 3. The van der Waals surface area contributed by atoms with E-state index >= 15 is 0 Å². The number of hydrogen-bond donors (Lipinski definition) is 0. The molecule has 41 heavy (non-hydrogen) atoms. The topological polar surface area (TPSA) is 138 Å². The molecule has 0 spiro atoms. The van der Waals surface area contributed by atoms with Gasteiger partial charge in [0.1, 0.15) is 0 Å². The summed E-state index contributed by atoms with van der Waals surface area (Å²) in [5.74, 6) is -1.37. The Hall–Kier alpha value is -2.83. The van der Waals surface area contributed by atoms with Gasteiger partial charge in [0.05, 0.1) is 55.1 Å². The Balaban J connectivity index is 0.00000108. The molecule has 0 aromatic carbocycles. The van der Waals surface area contributed by atoms with Crippen LogP contribution in [-0.4, -0.2) is 75.8 Å². The number of carbonyl (C=O) groups excluding carboxylic acids is 3. The number of aromatic nitrogens is 3. The third-order valence-corrected chi connectivity index (χ3v) is 4.89. The minimum atomic E-state index is -0.611. The number of nitrogens with zero attached hydrogens (tertiary/aromatic N) is 4. The predicted molar refractivity (Wildman–Crippen MR) is 151 cm³/mol. The van der Waals surface area contributed by atoms with Gasteiger partial charge in [0.15, 0.2) is 0 Å². The van der Waals surface area contributed by atoms with E-state index in [-0.39, 0.29) is 15.1 Å². The molecule has 0 aliphatic carbocycles. The van der Waals surface area contributed by atoms with Crippen molar-refractivity contribution in [1.82, 2.24) is 19.9 Å². The van der Waals surface area contributed by atoms with Crippen molar-refractivity contribution in [2.24, 2.45) is 0 Å². The van der Waals surface area contributed by atoms with Crippen molar-refractivity contribution < 1.29 is 47.9 Å². The van der Waals surface area contributed by atoms with Crippen LogP contribution in [0.5, 0.6) is 0 Å². The first kappa shape index (κ1) is 36.2. The second-order valence-corrected chi connectivity index (χ2v) is 12.1. The SMILES string of the molecule is COC(=O)c1ccc(CN(Cc2ccc(C(=O)OC)cn2)Cc2ccc(C(=O)OC)cn2)nc1.CS(C)=O.[Cl][Ru][Cl]. The molecule has 0 radical (unpaired) electrons. The van der Waals surface area contributed by atoms with Gasteiger partial charge in [-0.1, -0.05) is 0 Å². The average Bonchev–Trinajstić information content (AvgIpc) is 2.97. The van der Waals surface area contributed by atoms with E-state index in [0.717, 1.165) is 17.1 Å². The third-order valence-electron chi connectivity index (χ3n) is 4.89. The molecule has 224 valence electrons. The fraction of sp³-hybridized carbons (Fsp3) is 0.308. The summed E-state index contributed by atoms with van der Waals surface area (Å²) in [5, 5.41) is 0. The number of carbonyl (C=O) groups is 3. The second kappa shape index (κ2) is 20.1. The molecule has 0 aliphatic rings. The van der Waals surface area contributed by atoms with E-state index in [0.29, 0.717) is 36.3 Å². The molecular formula is C26H30Cl2N4O7RuS.